The number of nitrogens with one attached hydrogen (secondary N) is 2. The van der Waals surface area contributed by atoms with E-state index in [-0.39, 0.29) is 30.1 Å². The van der Waals surface area contributed by atoms with Crippen molar-refractivity contribution in [3.05, 3.63) is 35.4 Å². The van der Waals surface area contributed by atoms with Crippen molar-refractivity contribution in [2.75, 3.05) is 72.6 Å². The number of aliphatic imine (C=N–C) groups is 1. The molecule has 1 aromatic rings. The van der Waals surface area contributed by atoms with E-state index < -0.39 is 0 Å². The number of guanidine groups is 1. The highest BCUT2D eigenvalue weighted by Gasteiger charge is 2.21. The topological polar surface area (TPSA) is 55.4 Å². The van der Waals surface area contributed by atoms with E-state index in [9.17, 15) is 0 Å². The lowest BCUT2D eigenvalue weighted by molar-refractivity contribution is -0.0284. The summed E-state index contributed by atoms with van der Waals surface area (Å²) in [6.07, 6.45) is 0.209. The van der Waals surface area contributed by atoms with Crippen LogP contribution in [0.25, 0.3) is 0 Å². The van der Waals surface area contributed by atoms with Gasteiger partial charge in [-0.15, -0.1) is 24.0 Å². The fourth-order valence-corrected chi connectivity index (χ4v) is 4.32. The van der Waals surface area contributed by atoms with E-state index in [2.05, 4.69) is 77.4 Å². The second-order valence-corrected chi connectivity index (χ2v) is 9.62. The Bertz CT molecular complexity index is 691. The normalized spacial score (nSPS) is 21.1. The molecule has 2 heterocycles. The lowest BCUT2D eigenvalue weighted by Crippen LogP contribution is -2.50. The van der Waals surface area contributed by atoms with Crippen LogP contribution in [-0.4, -0.2) is 99.3 Å². The molecule has 33 heavy (non-hydrogen) atoms. The highest BCUT2D eigenvalue weighted by atomic mass is 127. The Labute approximate surface area is 218 Å². The van der Waals surface area contributed by atoms with Crippen LogP contribution in [0, 0.1) is 5.92 Å². The third-order valence-electron chi connectivity index (χ3n) is 6.13. The van der Waals surface area contributed by atoms with E-state index in [0.29, 0.717) is 12.5 Å². The Morgan fingerprint density at radius 3 is 2.39 bits per heavy atom. The summed E-state index contributed by atoms with van der Waals surface area (Å²) in [5.41, 5.74) is 2.62. The van der Waals surface area contributed by atoms with E-state index in [1.807, 2.05) is 0 Å². The molecule has 1 unspecified atom stereocenters. The van der Waals surface area contributed by atoms with Gasteiger partial charge in [0, 0.05) is 65.4 Å². The minimum atomic E-state index is 0. The Kier molecular flexibility index (Phi) is 13.0. The maximum absolute atomic E-state index is 5.97. The molecule has 0 saturated carbocycles. The van der Waals surface area contributed by atoms with Gasteiger partial charge in [0.25, 0.3) is 0 Å². The minimum Gasteiger partial charge on any atom is -0.374 e. The van der Waals surface area contributed by atoms with Crippen LogP contribution in [0.15, 0.2) is 29.3 Å². The van der Waals surface area contributed by atoms with Crippen molar-refractivity contribution in [3.63, 3.8) is 0 Å². The average Bonchev–Trinajstić information content (AvgIpc) is 2.78. The summed E-state index contributed by atoms with van der Waals surface area (Å²) in [7, 11) is 2.20. The summed E-state index contributed by atoms with van der Waals surface area (Å²) < 4.78 is 5.97. The van der Waals surface area contributed by atoms with Gasteiger partial charge >= 0.3 is 0 Å². The lowest BCUT2D eigenvalue weighted by atomic mass is 10.1. The number of hydrogen-bond donors (Lipinski definition) is 2. The van der Waals surface area contributed by atoms with Gasteiger partial charge in [-0.25, -0.2) is 4.99 Å². The number of piperazine rings is 1. The maximum atomic E-state index is 5.97. The molecule has 0 radical (unpaired) electrons. The van der Waals surface area contributed by atoms with Gasteiger partial charge in [0.2, 0.25) is 0 Å². The molecular weight excluding hydrogens is 527 g/mol. The molecule has 0 aromatic heterocycles. The molecule has 2 aliphatic rings. The lowest BCUT2D eigenvalue weighted by Gasteiger charge is -2.34. The largest absolute Gasteiger partial charge is 0.374 e. The van der Waals surface area contributed by atoms with Gasteiger partial charge in [0.15, 0.2) is 5.96 Å². The van der Waals surface area contributed by atoms with E-state index in [1.54, 1.807) is 0 Å². The van der Waals surface area contributed by atoms with Gasteiger partial charge in [-0.2, -0.15) is 0 Å². The van der Waals surface area contributed by atoms with Crippen molar-refractivity contribution >= 4 is 29.9 Å². The molecule has 2 saturated heterocycles. The molecule has 2 fully saturated rings. The van der Waals surface area contributed by atoms with Crippen molar-refractivity contribution in [2.45, 2.75) is 40.0 Å². The fraction of sp³-hybridized carbons (Fsp3) is 0.720. The molecule has 0 spiro atoms. The predicted molar refractivity (Wildman–Crippen MR) is 148 cm³/mol. The number of hydrogen-bond acceptors (Lipinski definition) is 5. The van der Waals surface area contributed by atoms with Gasteiger partial charge in [0.1, 0.15) is 0 Å². The Hall–Kier alpha value is -0.940. The molecule has 1 aromatic carbocycles. The first-order valence-corrected chi connectivity index (χ1v) is 12.4. The minimum absolute atomic E-state index is 0. The van der Waals surface area contributed by atoms with Crippen LogP contribution in [0.5, 0.6) is 0 Å². The summed E-state index contributed by atoms with van der Waals surface area (Å²) >= 11 is 0. The van der Waals surface area contributed by atoms with Crippen molar-refractivity contribution in [1.29, 1.82) is 0 Å². The molecule has 3 rings (SSSR count). The number of nitrogens with zero attached hydrogens (tertiary/aromatic N) is 4. The fourth-order valence-electron chi connectivity index (χ4n) is 4.32. The third kappa shape index (κ3) is 10.5. The molecule has 2 N–H and O–H groups in total. The number of benzene rings is 1. The van der Waals surface area contributed by atoms with Crippen LogP contribution in [0.2, 0.25) is 0 Å². The molecule has 1 atom stereocenters. The number of rotatable bonds is 9. The monoisotopic (exact) mass is 572 g/mol. The summed E-state index contributed by atoms with van der Waals surface area (Å²) in [6.45, 7) is 18.6. The first-order valence-electron chi connectivity index (χ1n) is 12.4. The summed E-state index contributed by atoms with van der Waals surface area (Å²) in [5, 5.41) is 6.84. The molecule has 8 heteroatoms. The Morgan fingerprint density at radius 1 is 1.03 bits per heavy atom. The average molecular weight is 573 g/mol. The first kappa shape index (κ1) is 28.3. The zero-order chi connectivity index (χ0) is 22.8. The van der Waals surface area contributed by atoms with Crippen molar-refractivity contribution < 1.29 is 4.74 Å². The zero-order valence-electron chi connectivity index (χ0n) is 21.1. The highest BCUT2D eigenvalue weighted by Crippen LogP contribution is 2.11. The molecule has 0 bridgehead atoms. The second kappa shape index (κ2) is 15.1. The third-order valence-corrected chi connectivity index (χ3v) is 6.13. The molecule has 7 nitrogen and oxygen atoms in total. The van der Waals surface area contributed by atoms with Crippen LogP contribution >= 0.6 is 24.0 Å². The smallest absolute Gasteiger partial charge is 0.191 e. The quantitative estimate of drug-likeness (QED) is 0.270. The predicted octanol–water partition coefficient (Wildman–Crippen LogP) is 2.46. The molecule has 0 amide bonds. The van der Waals surface area contributed by atoms with Crippen molar-refractivity contribution in [1.82, 2.24) is 25.3 Å². The van der Waals surface area contributed by atoms with Crippen LogP contribution < -0.4 is 10.6 Å². The van der Waals surface area contributed by atoms with Crippen LogP contribution in [0.4, 0.5) is 0 Å². The molecule has 0 aliphatic carbocycles. The summed E-state index contributed by atoms with van der Waals surface area (Å²) in [4.78, 5) is 12.2. The van der Waals surface area contributed by atoms with Gasteiger partial charge in [-0.05, 0) is 31.0 Å². The summed E-state index contributed by atoms with van der Waals surface area (Å²) in [5.74, 6) is 1.55. The number of ether oxygens (including phenoxy) is 1. The van der Waals surface area contributed by atoms with Crippen molar-refractivity contribution in [2.24, 2.45) is 10.9 Å². The van der Waals surface area contributed by atoms with E-state index in [0.717, 1.165) is 78.0 Å². The van der Waals surface area contributed by atoms with Crippen molar-refractivity contribution in [3.8, 4) is 0 Å². The van der Waals surface area contributed by atoms with E-state index in [1.165, 1.54) is 11.1 Å². The number of morpholine rings is 1. The maximum Gasteiger partial charge on any atom is 0.191 e. The van der Waals surface area contributed by atoms with E-state index >= 15 is 0 Å². The zero-order valence-corrected chi connectivity index (χ0v) is 23.4. The SMILES string of the molecule is CCNC(=NCc1ccc(CN2CCN(C)CC2)cc1)NCC1CN(CC(C)C)CCO1.I. The van der Waals surface area contributed by atoms with Gasteiger partial charge in [-0.3, -0.25) is 9.80 Å². The van der Waals surface area contributed by atoms with Crippen LogP contribution in [0.1, 0.15) is 31.9 Å². The summed E-state index contributed by atoms with van der Waals surface area (Å²) in [6, 6.07) is 8.93. The van der Waals surface area contributed by atoms with Gasteiger partial charge < -0.3 is 20.3 Å². The number of halogens is 1. The van der Waals surface area contributed by atoms with Gasteiger partial charge in [-0.1, -0.05) is 38.1 Å². The molecular formula is C25H45IN6O. The van der Waals surface area contributed by atoms with E-state index in [4.69, 9.17) is 9.73 Å². The first-order chi connectivity index (χ1) is 15.5. The number of likely N-dealkylation sites (N-methyl/N-ethyl adjacent to an activating group) is 1. The standard InChI is InChI=1S/C25H44N6O.HI/c1-5-26-25(28-17-24-20-31(14-15-32-24)18-21(2)3)27-16-22-6-8-23(9-7-22)19-30-12-10-29(4)11-13-30;/h6-9,21,24H,5,10-20H2,1-4H3,(H2,26,27,28);1H. The van der Waals surface area contributed by atoms with Crippen LogP contribution in [-0.2, 0) is 17.8 Å². The Balaban J connectivity index is 0.00000385. The second-order valence-electron chi connectivity index (χ2n) is 9.62. The Morgan fingerprint density at radius 2 is 1.73 bits per heavy atom. The van der Waals surface area contributed by atoms with Crippen LogP contribution in [0.3, 0.4) is 0 Å². The molecule has 2 aliphatic heterocycles. The highest BCUT2D eigenvalue weighted by molar-refractivity contribution is 14.0. The molecule has 188 valence electrons. The van der Waals surface area contributed by atoms with Gasteiger partial charge in [0.05, 0.1) is 19.3 Å².